The molecule has 3 saturated heterocycles. The molecule has 19 heavy (non-hydrogen) atoms. The van der Waals surface area contributed by atoms with E-state index in [4.69, 9.17) is 4.74 Å². The average Bonchev–Trinajstić information content (AvgIpc) is 2.35. The van der Waals surface area contributed by atoms with E-state index in [0.717, 1.165) is 28.1 Å². The number of pyridine rings is 1. The first-order valence-corrected chi connectivity index (χ1v) is 7.58. The third kappa shape index (κ3) is 2.50. The minimum atomic E-state index is 0. The molecule has 0 unspecified atom stereocenters. The van der Waals surface area contributed by atoms with Crippen LogP contribution in [0.5, 0.6) is 5.88 Å². The van der Waals surface area contributed by atoms with Crippen LogP contribution in [0.3, 0.4) is 0 Å². The molecular weight excluding hydrogens is 328 g/mol. The van der Waals surface area contributed by atoms with Crippen LogP contribution in [-0.2, 0) is 0 Å². The Hall–Kier alpha value is -0.320. The van der Waals surface area contributed by atoms with Crippen LogP contribution in [0.1, 0.15) is 12.8 Å². The predicted molar refractivity (Wildman–Crippen MR) is 79.7 cm³/mol. The van der Waals surface area contributed by atoms with E-state index in [-0.39, 0.29) is 12.4 Å². The van der Waals surface area contributed by atoms with Crippen molar-refractivity contribution >= 4 is 28.3 Å². The van der Waals surface area contributed by atoms with Gasteiger partial charge in [0.1, 0.15) is 6.10 Å². The molecule has 1 saturated carbocycles. The van der Waals surface area contributed by atoms with Crippen LogP contribution in [0.15, 0.2) is 22.8 Å². The summed E-state index contributed by atoms with van der Waals surface area (Å²) >= 11 is 3.41. The zero-order chi connectivity index (χ0) is 12.1. The molecule has 104 valence electrons. The van der Waals surface area contributed by atoms with E-state index in [2.05, 4.69) is 25.8 Å². The fraction of sp³-hybridized carbons (Fsp3) is 0.643. The van der Waals surface area contributed by atoms with Crippen molar-refractivity contribution < 1.29 is 4.74 Å². The molecule has 0 radical (unpaired) electrons. The van der Waals surface area contributed by atoms with Gasteiger partial charge in [0.05, 0.1) is 0 Å². The predicted octanol–water partition coefficient (Wildman–Crippen LogP) is 2.98. The maximum absolute atomic E-state index is 6.19. The van der Waals surface area contributed by atoms with Crippen molar-refractivity contribution in [3.63, 3.8) is 0 Å². The molecule has 0 amide bonds. The van der Waals surface area contributed by atoms with E-state index < -0.39 is 0 Å². The van der Waals surface area contributed by atoms with E-state index >= 15 is 0 Å². The highest BCUT2D eigenvalue weighted by Gasteiger charge is 2.48. The molecule has 2 atom stereocenters. The number of aromatic nitrogens is 1. The maximum Gasteiger partial charge on any atom is 0.213 e. The van der Waals surface area contributed by atoms with Crippen LogP contribution in [0.25, 0.3) is 0 Å². The first kappa shape index (κ1) is 13.7. The molecule has 0 spiro atoms. The first-order chi connectivity index (χ1) is 8.78. The summed E-state index contributed by atoms with van der Waals surface area (Å²) in [5, 5.41) is 0. The van der Waals surface area contributed by atoms with Crippen LogP contribution in [0.4, 0.5) is 0 Å². The first-order valence-electron chi connectivity index (χ1n) is 6.78. The van der Waals surface area contributed by atoms with Crippen LogP contribution in [0.2, 0.25) is 0 Å². The van der Waals surface area contributed by atoms with E-state index in [1.165, 1.54) is 32.5 Å². The lowest BCUT2D eigenvalue weighted by Crippen LogP contribution is -2.61. The average molecular weight is 346 g/mol. The van der Waals surface area contributed by atoms with Gasteiger partial charge in [-0.1, -0.05) is 0 Å². The summed E-state index contributed by atoms with van der Waals surface area (Å²) in [6, 6.07) is 3.97. The number of hydrogen-bond acceptors (Lipinski definition) is 3. The summed E-state index contributed by atoms with van der Waals surface area (Å²) in [5.41, 5.74) is 0. The molecule has 1 aromatic heterocycles. The van der Waals surface area contributed by atoms with Gasteiger partial charge in [-0.05, 0) is 40.8 Å². The number of ether oxygens (including phenoxy) is 1. The van der Waals surface area contributed by atoms with Gasteiger partial charge in [0, 0.05) is 48.2 Å². The van der Waals surface area contributed by atoms with Crippen molar-refractivity contribution in [2.24, 2.45) is 17.8 Å². The van der Waals surface area contributed by atoms with Gasteiger partial charge in [-0.15, -0.1) is 12.4 Å². The van der Waals surface area contributed by atoms with Crippen molar-refractivity contribution in [1.29, 1.82) is 0 Å². The lowest BCUT2D eigenvalue weighted by Gasteiger charge is -2.55. The summed E-state index contributed by atoms with van der Waals surface area (Å²) in [4.78, 5) is 6.97. The van der Waals surface area contributed by atoms with E-state index in [1.807, 2.05) is 18.3 Å². The Bertz CT molecular complexity index is 425. The molecule has 0 aromatic carbocycles. The molecule has 4 fully saturated rings. The SMILES string of the molecule is Brc1ccc(OC2[C@H]3CC4C[C@H]2CN(C4)C3)nc1.Cl. The monoisotopic (exact) mass is 344 g/mol. The summed E-state index contributed by atoms with van der Waals surface area (Å²) < 4.78 is 7.19. The normalized spacial score (nSPS) is 38.9. The number of hydrogen-bond donors (Lipinski definition) is 0. The largest absolute Gasteiger partial charge is 0.474 e. The second-order valence-corrected chi connectivity index (χ2v) is 6.89. The van der Waals surface area contributed by atoms with Gasteiger partial charge in [0.25, 0.3) is 0 Å². The van der Waals surface area contributed by atoms with E-state index in [0.29, 0.717) is 6.10 Å². The Labute approximate surface area is 128 Å². The van der Waals surface area contributed by atoms with Crippen LogP contribution in [0, 0.1) is 17.8 Å². The van der Waals surface area contributed by atoms with Gasteiger partial charge < -0.3 is 9.64 Å². The molecule has 3 nitrogen and oxygen atoms in total. The summed E-state index contributed by atoms with van der Waals surface area (Å²) in [7, 11) is 0. The van der Waals surface area contributed by atoms with Crippen molar-refractivity contribution in [2.75, 3.05) is 19.6 Å². The maximum atomic E-state index is 6.19. The molecule has 4 bridgehead atoms. The zero-order valence-corrected chi connectivity index (χ0v) is 13.1. The minimum Gasteiger partial charge on any atom is -0.474 e. The van der Waals surface area contributed by atoms with E-state index in [9.17, 15) is 0 Å². The van der Waals surface area contributed by atoms with Crippen LogP contribution in [-0.4, -0.2) is 35.6 Å². The quantitative estimate of drug-likeness (QED) is 0.824. The third-order valence-corrected chi connectivity index (χ3v) is 5.13. The molecular formula is C14H18BrClN2O. The number of piperidine rings is 3. The third-order valence-electron chi connectivity index (χ3n) is 4.66. The Kier molecular flexibility index (Phi) is 3.76. The molecule has 1 aromatic rings. The molecule has 1 aliphatic carbocycles. The lowest BCUT2D eigenvalue weighted by molar-refractivity contribution is -0.0997. The molecule has 5 rings (SSSR count). The van der Waals surface area contributed by atoms with Crippen LogP contribution >= 0.6 is 28.3 Å². The van der Waals surface area contributed by atoms with Gasteiger partial charge in [-0.2, -0.15) is 0 Å². The smallest absolute Gasteiger partial charge is 0.213 e. The topological polar surface area (TPSA) is 25.4 Å². The fourth-order valence-corrected chi connectivity index (χ4v) is 4.36. The van der Waals surface area contributed by atoms with Gasteiger partial charge in [0.2, 0.25) is 5.88 Å². The van der Waals surface area contributed by atoms with Crippen molar-refractivity contribution in [1.82, 2.24) is 9.88 Å². The molecule has 0 N–H and O–H groups in total. The standard InChI is InChI=1S/C14H17BrN2O.ClH/c15-12-1-2-13(16-5-12)18-14-10-3-9-4-11(14)8-17(6-9)7-10;/h1-2,5,9-11,14H,3-4,6-8H2;1H/t9?,10-,11-,14?;/m0./s1. The highest BCUT2D eigenvalue weighted by molar-refractivity contribution is 9.10. The van der Waals surface area contributed by atoms with Crippen molar-refractivity contribution in [3.8, 4) is 5.88 Å². The van der Waals surface area contributed by atoms with Crippen molar-refractivity contribution in [3.05, 3.63) is 22.8 Å². The Morgan fingerprint density at radius 2 is 1.89 bits per heavy atom. The Morgan fingerprint density at radius 1 is 1.16 bits per heavy atom. The molecule has 3 aliphatic heterocycles. The molecule has 4 aliphatic rings. The zero-order valence-electron chi connectivity index (χ0n) is 10.7. The summed E-state index contributed by atoms with van der Waals surface area (Å²) in [5.74, 6) is 3.16. The molecule has 5 heteroatoms. The molecule has 4 heterocycles. The van der Waals surface area contributed by atoms with E-state index in [1.54, 1.807) is 0 Å². The lowest BCUT2D eigenvalue weighted by atomic mass is 9.66. The Balaban J connectivity index is 0.00000110. The van der Waals surface area contributed by atoms with Gasteiger partial charge in [-0.3, -0.25) is 0 Å². The minimum absolute atomic E-state index is 0. The van der Waals surface area contributed by atoms with Gasteiger partial charge in [-0.25, -0.2) is 4.98 Å². The number of rotatable bonds is 2. The summed E-state index contributed by atoms with van der Waals surface area (Å²) in [6.45, 7) is 3.79. The number of halogens is 2. The second kappa shape index (κ2) is 5.23. The fourth-order valence-electron chi connectivity index (χ4n) is 4.13. The second-order valence-electron chi connectivity index (χ2n) is 5.97. The van der Waals surface area contributed by atoms with Gasteiger partial charge in [0.15, 0.2) is 0 Å². The summed E-state index contributed by atoms with van der Waals surface area (Å²) in [6.07, 6.45) is 4.92. The highest BCUT2D eigenvalue weighted by atomic mass is 79.9. The van der Waals surface area contributed by atoms with Crippen molar-refractivity contribution in [2.45, 2.75) is 18.9 Å². The Morgan fingerprint density at radius 3 is 2.47 bits per heavy atom. The highest BCUT2D eigenvalue weighted by Crippen LogP contribution is 2.44. The van der Waals surface area contributed by atoms with Gasteiger partial charge >= 0.3 is 0 Å². The van der Waals surface area contributed by atoms with Crippen LogP contribution < -0.4 is 4.74 Å². The number of nitrogens with zero attached hydrogens (tertiary/aromatic N) is 2.